The molecule has 4 bridgehead atoms. The third-order valence-electron chi connectivity index (χ3n) is 4.18. The molecule has 1 aromatic heterocycles. The normalized spacial score (nSPS) is 15.3. The fourth-order valence-corrected chi connectivity index (χ4v) is 3.65. The van der Waals surface area contributed by atoms with Gasteiger partial charge >= 0.3 is 0 Å². The summed E-state index contributed by atoms with van der Waals surface area (Å²) >= 11 is 1.13. The van der Waals surface area contributed by atoms with Gasteiger partial charge in [0.15, 0.2) is 0 Å². The van der Waals surface area contributed by atoms with E-state index in [1.807, 2.05) is 36.4 Å². The molecule has 0 radical (unpaired) electrons. The molecule has 0 aliphatic heterocycles. The van der Waals surface area contributed by atoms with Gasteiger partial charge in [-0.1, -0.05) is 36.4 Å². The fraction of sp³-hybridized carbons (Fsp3) is 0.222. The van der Waals surface area contributed by atoms with Gasteiger partial charge < -0.3 is 0 Å². The van der Waals surface area contributed by atoms with Crippen LogP contribution >= 0.6 is 11.7 Å². The summed E-state index contributed by atoms with van der Waals surface area (Å²) in [4.78, 5) is 24.7. The summed E-state index contributed by atoms with van der Waals surface area (Å²) in [5.41, 5.74) is 5.27. The molecule has 0 fully saturated rings. The van der Waals surface area contributed by atoms with Crippen LogP contribution in [0.1, 0.15) is 22.3 Å². The molecule has 5 heteroatoms. The summed E-state index contributed by atoms with van der Waals surface area (Å²) in [7, 11) is 0. The van der Waals surface area contributed by atoms with Crippen molar-refractivity contribution in [1.29, 1.82) is 0 Å². The van der Waals surface area contributed by atoms with Gasteiger partial charge in [-0.25, -0.2) is 0 Å². The van der Waals surface area contributed by atoms with Gasteiger partial charge in [0.05, 0.1) is 11.7 Å². The summed E-state index contributed by atoms with van der Waals surface area (Å²) in [6.45, 7) is 0. The Labute approximate surface area is 137 Å². The Bertz CT molecular complexity index is 839. The molecule has 114 valence electrons. The van der Waals surface area contributed by atoms with Crippen molar-refractivity contribution in [3.8, 4) is 0 Å². The number of hydrogen-bond acceptors (Lipinski definition) is 5. The Morgan fingerprint density at radius 1 is 0.652 bits per heavy atom. The zero-order valence-electron chi connectivity index (χ0n) is 12.4. The van der Waals surface area contributed by atoms with Crippen LogP contribution < -0.4 is 0 Å². The summed E-state index contributed by atoms with van der Waals surface area (Å²) in [5.74, 6) is 0.320. The highest BCUT2D eigenvalue weighted by Crippen LogP contribution is 2.23. The van der Waals surface area contributed by atoms with Crippen LogP contribution in [0.5, 0.6) is 0 Å². The molecule has 3 aromatic rings. The van der Waals surface area contributed by atoms with E-state index in [1.165, 1.54) is 0 Å². The monoisotopic (exact) mass is 322 g/mol. The molecule has 1 heterocycles. The van der Waals surface area contributed by atoms with E-state index in [2.05, 4.69) is 8.75 Å². The van der Waals surface area contributed by atoms with E-state index in [9.17, 15) is 9.59 Å². The predicted octanol–water partition coefficient (Wildman–Crippen LogP) is 2.71. The van der Waals surface area contributed by atoms with E-state index in [4.69, 9.17) is 0 Å². The van der Waals surface area contributed by atoms with Crippen molar-refractivity contribution >= 4 is 34.3 Å². The molecule has 4 aliphatic carbocycles. The number of Topliss-reactive ketones (excluding diaryl/α,β-unsaturated/α-hetero) is 2. The maximum atomic E-state index is 12.4. The molecule has 4 nitrogen and oxygen atoms in total. The van der Waals surface area contributed by atoms with Crippen LogP contribution in [0.4, 0.5) is 0 Å². The van der Waals surface area contributed by atoms with Crippen LogP contribution in [0.2, 0.25) is 0 Å². The van der Waals surface area contributed by atoms with E-state index < -0.39 is 0 Å². The van der Waals surface area contributed by atoms with Crippen molar-refractivity contribution in [2.45, 2.75) is 25.7 Å². The molecular weight excluding hydrogens is 308 g/mol. The number of nitrogens with zero attached hydrogens (tertiary/aromatic N) is 2. The Balaban J connectivity index is 1.82. The van der Waals surface area contributed by atoms with E-state index in [0.29, 0.717) is 25.7 Å². The van der Waals surface area contributed by atoms with E-state index >= 15 is 0 Å². The average Bonchev–Trinajstić information content (AvgIpc) is 3.01. The van der Waals surface area contributed by atoms with Gasteiger partial charge in [-0.15, -0.1) is 0 Å². The van der Waals surface area contributed by atoms with Crippen LogP contribution in [0, 0.1) is 0 Å². The number of hydrogen-bond donors (Lipinski definition) is 0. The third-order valence-corrected chi connectivity index (χ3v) is 4.71. The number of carbonyl (C=O) groups excluding carboxylic acids is 2. The molecule has 7 rings (SSSR count). The second-order valence-corrected chi connectivity index (χ2v) is 6.47. The van der Waals surface area contributed by atoms with Crippen LogP contribution in [-0.2, 0) is 35.3 Å². The first-order valence-electron chi connectivity index (χ1n) is 7.53. The van der Waals surface area contributed by atoms with Gasteiger partial charge in [0.2, 0.25) is 0 Å². The van der Waals surface area contributed by atoms with Crippen molar-refractivity contribution < 1.29 is 9.59 Å². The topological polar surface area (TPSA) is 59.9 Å². The van der Waals surface area contributed by atoms with Crippen LogP contribution in [0.3, 0.4) is 0 Å². The van der Waals surface area contributed by atoms with Gasteiger partial charge in [0, 0.05) is 25.7 Å². The maximum Gasteiger partial charge on any atom is 0.141 e. The largest absolute Gasteiger partial charge is 0.299 e. The molecule has 2 aromatic carbocycles. The van der Waals surface area contributed by atoms with Crippen LogP contribution in [0.15, 0.2) is 36.4 Å². The average molecular weight is 322 g/mol. The summed E-state index contributed by atoms with van der Waals surface area (Å²) in [6.07, 6.45) is 1.49. The molecule has 23 heavy (non-hydrogen) atoms. The van der Waals surface area contributed by atoms with Crippen molar-refractivity contribution in [3.63, 3.8) is 0 Å². The van der Waals surface area contributed by atoms with E-state index in [-0.39, 0.29) is 11.6 Å². The standard InChI is InChI=1S/C18H14N2O2S/c21-15-7-11-1-2-12(4-3-11)8-16(22)10-14-6-5-13(9-15)17-18(14)20-23-19-17/h1-6H,7-10H2. The first-order valence-corrected chi connectivity index (χ1v) is 8.26. The van der Waals surface area contributed by atoms with E-state index in [0.717, 1.165) is 45.0 Å². The van der Waals surface area contributed by atoms with Gasteiger partial charge in [0.1, 0.15) is 22.6 Å². The minimum atomic E-state index is 0.160. The van der Waals surface area contributed by atoms with Crippen LogP contribution in [-0.4, -0.2) is 20.3 Å². The summed E-state index contributed by atoms with van der Waals surface area (Å²) in [6, 6.07) is 11.6. The molecule has 4 aliphatic rings. The molecular formula is C18H14N2O2S. The Morgan fingerprint density at radius 3 is 1.52 bits per heavy atom. The lowest BCUT2D eigenvalue weighted by atomic mass is 9.95. The molecule has 0 saturated heterocycles. The molecule has 0 N–H and O–H groups in total. The summed E-state index contributed by atoms with van der Waals surface area (Å²) < 4.78 is 8.67. The fourth-order valence-electron chi connectivity index (χ4n) is 3.03. The third kappa shape index (κ3) is 2.80. The Kier molecular flexibility index (Phi) is 3.50. The zero-order chi connectivity index (χ0) is 15.8. The number of aromatic nitrogens is 2. The Hall–Kier alpha value is -2.40. The SMILES string of the molecule is O=C1Cc2ccc(cc2)CC(=O)Cc2ccc(c3nsnc23)C1. The highest BCUT2D eigenvalue weighted by atomic mass is 32.1. The smallest absolute Gasteiger partial charge is 0.141 e. The van der Waals surface area contributed by atoms with Crippen molar-refractivity contribution in [2.24, 2.45) is 0 Å². The van der Waals surface area contributed by atoms with Crippen molar-refractivity contribution in [1.82, 2.24) is 8.75 Å². The second kappa shape index (κ2) is 5.66. The minimum absolute atomic E-state index is 0.160. The molecule has 0 unspecified atom stereocenters. The number of carbonyl (C=O) groups is 2. The summed E-state index contributed by atoms with van der Waals surface area (Å²) in [5, 5.41) is 0. The van der Waals surface area contributed by atoms with Gasteiger partial charge in [-0.05, 0) is 22.3 Å². The number of rotatable bonds is 0. The Morgan fingerprint density at radius 2 is 1.09 bits per heavy atom. The highest BCUT2D eigenvalue weighted by Gasteiger charge is 2.16. The maximum absolute atomic E-state index is 12.4. The van der Waals surface area contributed by atoms with Gasteiger partial charge in [-0.3, -0.25) is 9.59 Å². The molecule has 0 saturated carbocycles. The lowest BCUT2D eigenvalue weighted by Gasteiger charge is -2.09. The molecule has 0 atom stereocenters. The molecule has 0 spiro atoms. The number of ketones is 2. The second-order valence-electron chi connectivity index (χ2n) is 5.95. The van der Waals surface area contributed by atoms with Crippen LogP contribution in [0.25, 0.3) is 11.0 Å². The number of benzene rings is 2. The quantitative estimate of drug-likeness (QED) is 0.638. The predicted molar refractivity (Wildman–Crippen MR) is 88.7 cm³/mol. The first kappa shape index (κ1) is 14.2. The lowest BCUT2D eigenvalue weighted by molar-refractivity contribution is -0.118. The van der Waals surface area contributed by atoms with E-state index in [1.54, 1.807) is 0 Å². The lowest BCUT2D eigenvalue weighted by Crippen LogP contribution is -2.11. The first-order chi connectivity index (χ1) is 11.2. The molecule has 0 amide bonds. The van der Waals surface area contributed by atoms with Crippen molar-refractivity contribution in [3.05, 3.63) is 58.7 Å². The van der Waals surface area contributed by atoms with Gasteiger partial charge in [-0.2, -0.15) is 8.75 Å². The van der Waals surface area contributed by atoms with Gasteiger partial charge in [0.25, 0.3) is 0 Å². The highest BCUT2D eigenvalue weighted by molar-refractivity contribution is 7.00. The minimum Gasteiger partial charge on any atom is -0.299 e. The zero-order valence-corrected chi connectivity index (χ0v) is 13.2. The van der Waals surface area contributed by atoms with Crippen molar-refractivity contribution in [2.75, 3.05) is 0 Å².